The molecule has 6 nitrogen and oxygen atoms in total. The van der Waals surface area contributed by atoms with Crippen molar-refractivity contribution in [3.63, 3.8) is 0 Å². The largest absolute Gasteiger partial charge is 0.351 e. The molecule has 0 unspecified atom stereocenters. The average Bonchev–Trinajstić information content (AvgIpc) is 2.77. The van der Waals surface area contributed by atoms with Gasteiger partial charge in [0.25, 0.3) is 11.5 Å². The number of likely N-dealkylation sites (tertiary alicyclic amines) is 1. The summed E-state index contributed by atoms with van der Waals surface area (Å²) < 4.78 is 1.45. The molecule has 0 spiro atoms. The quantitative estimate of drug-likeness (QED) is 0.829. The minimum Gasteiger partial charge on any atom is -0.351 e. The molecular weight excluding hydrogens is 336 g/mol. The number of carbonyl (C=O) groups is 1. The van der Waals surface area contributed by atoms with Crippen LogP contribution >= 0.6 is 11.3 Å². The van der Waals surface area contributed by atoms with Gasteiger partial charge in [0.1, 0.15) is 4.83 Å². The Morgan fingerprint density at radius 1 is 1.28 bits per heavy atom. The van der Waals surface area contributed by atoms with Crippen LogP contribution in [0.25, 0.3) is 10.2 Å². The smallest absolute Gasteiger partial charge is 0.262 e. The van der Waals surface area contributed by atoms with Gasteiger partial charge in [-0.15, -0.1) is 11.3 Å². The van der Waals surface area contributed by atoms with Crippen LogP contribution in [-0.4, -0.2) is 46.5 Å². The fourth-order valence-corrected chi connectivity index (χ4v) is 4.43. The predicted octanol–water partition coefficient (Wildman–Crippen LogP) is 2.30. The van der Waals surface area contributed by atoms with Gasteiger partial charge in [-0.2, -0.15) is 0 Å². The van der Waals surface area contributed by atoms with Crippen molar-refractivity contribution in [2.75, 3.05) is 26.2 Å². The normalized spacial score (nSPS) is 16.1. The Hall–Kier alpha value is -1.73. The van der Waals surface area contributed by atoms with Gasteiger partial charge in [-0.1, -0.05) is 12.8 Å². The molecule has 7 heteroatoms. The van der Waals surface area contributed by atoms with Crippen molar-refractivity contribution in [2.24, 2.45) is 7.05 Å². The fraction of sp³-hybridized carbons (Fsp3) is 0.611. The van der Waals surface area contributed by atoms with E-state index in [1.165, 1.54) is 61.0 Å². The molecule has 0 saturated carbocycles. The molecule has 0 aromatic carbocycles. The Balaban J connectivity index is 1.58. The monoisotopic (exact) mass is 362 g/mol. The van der Waals surface area contributed by atoms with Crippen molar-refractivity contribution in [2.45, 2.75) is 39.0 Å². The van der Waals surface area contributed by atoms with Crippen LogP contribution in [0.1, 0.15) is 47.3 Å². The topological polar surface area (TPSA) is 67.2 Å². The number of aryl methyl sites for hydroxylation is 2. The SMILES string of the molecule is Cc1c(C(=O)NCCCN2CCCCCC2)sc2ncn(C)c(=O)c12. The standard InChI is InChI=1S/C18H26N4O2S/c1-13-14-17(20-12-21(2)18(14)24)25-15(13)16(23)19-8-7-11-22-9-5-3-4-6-10-22/h12H,3-11H2,1-2H3,(H,19,23). The number of nitrogens with one attached hydrogen (secondary N) is 1. The number of aromatic nitrogens is 2. The Labute approximate surface area is 151 Å². The minimum atomic E-state index is -0.0987. The van der Waals surface area contributed by atoms with E-state index in [2.05, 4.69) is 15.2 Å². The highest BCUT2D eigenvalue weighted by atomic mass is 32.1. The zero-order valence-electron chi connectivity index (χ0n) is 15.0. The highest BCUT2D eigenvalue weighted by Gasteiger charge is 2.18. The number of carbonyl (C=O) groups excluding carboxylic acids is 1. The van der Waals surface area contributed by atoms with Crippen LogP contribution in [-0.2, 0) is 7.05 Å². The molecule has 1 amide bonds. The van der Waals surface area contributed by atoms with E-state index in [0.29, 0.717) is 21.6 Å². The third kappa shape index (κ3) is 4.10. The van der Waals surface area contributed by atoms with Crippen LogP contribution in [0.4, 0.5) is 0 Å². The lowest BCUT2D eigenvalue weighted by Crippen LogP contribution is -2.30. The molecule has 1 fully saturated rings. The summed E-state index contributed by atoms with van der Waals surface area (Å²) in [5.41, 5.74) is 0.637. The molecule has 1 saturated heterocycles. The number of thiophene rings is 1. The summed E-state index contributed by atoms with van der Waals surface area (Å²) in [5.74, 6) is -0.0987. The van der Waals surface area contributed by atoms with Crippen LogP contribution in [0.3, 0.4) is 0 Å². The van der Waals surface area contributed by atoms with Gasteiger partial charge in [0.15, 0.2) is 0 Å². The fourth-order valence-electron chi connectivity index (χ4n) is 3.37. The number of hydrogen-bond acceptors (Lipinski definition) is 5. The zero-order chi connectivity index (χ0) is 17.8. The van der Waals surface area contributed by atoms with Gasteiger partial charge >= 0.3 is 0 Å². The van der Waals surface area contributed by atoms with Crippen LogP contribution < -0.4 is 10.9 Å². The van der Waals surface area contributed by atoms with Crippen molar-refractivity contribution in [1.82, 2.24) is 19.8 Å². The second-order valence-corrected chi connectivity index (χ2v) is 7.76. The van der Waals surface area contributed by atoms with Crippen molar-refractivity contribution >= 4 is 27.5 Å². The van der Waals surface area contributed by atoms with E-state index in [0.717, 1.165) is 18.5 Å². The number of hydrogen-bond donors (Lipinski definition) is 1. The highest BCUT2D eigenvalue weighted by molar-refractivity contribution is 7.20. The van der Waals surface area contributed by atoms with Gasteiger partial charge < -0.3 is 14.8 Å². The van der Waals surface area contributed by atoms with Crippen molar-refractivity contribution in [1.29, 1.82) is 0 Å². The van der Waals surface area contributed by atoms with Crippen molar-refractivity contribution in [3.05, 3.63) is 27.1 Å². The summed E-state index contributed by atoms with van der Waals surface area (Å²) in [6.45, 7) is 5.88. The predicted molar refractivity (Wildman–Crippen MR) is 101 cm³/mol. The Morgan fingerprint density at radius 3 is 2.72 bits per heavy atom. The Morgan fingerprint density at radius 2 is 2.00 bits per heavy atom. The minimum absolute atomic E-state index is 0.0982. The first-order valence-corrected chi connectivity index (χ1v) is 9.85. The highest BCUT2D eigenvalue weighted by Crippen LogP contribution is 2.26. The van der Waals surface area contributed by atoms with Gasteiger partial charge in [0.05, 0.1) is 16.6 Å². The second-order valence-electron chi connectivity index (χ2n) is 6.76. The van der Waals surface area contributed by atoms with Crippen molar-refractivity contribution in [3.8, 4) is 0 Å². The molecule has 1 aliphatic rings. The van der Waals surface area contributed by atoms with Crippen LogP contribution in [0.15, 0.2) is 11.1 Å². The average molecular weight is 362 g/mol. The van der Waals surface area contributed by atoms with Crippen LogP contribution in [0.5, 0.6) is 0 Å². The van der Waals surface area contributed by atoms with E-state index >= 15 is 0 Å². The molecule has 3 heterocycles. The number of rotatable bonds is 5. The molecule has 25 heavy (non-hydrogen) atoms. The van der Waals surface area contributed by atoms with Crippen LogP contribution in [0.2, 0.25) is 0 Å². The zero-order valence-corrected chi connectivity index (χ0v) is 15.8. The molecule has 2 aromatic heterocycles. The number of nitrogens with zero attached hydrogens (tertiary/aromatic N) is 3. The van der Waals surface area contributed by atoms with Gasteiger partial charge in [-0.25, -0.2) is 4.98 Å². The Bertz CT molecular complexity index is 803. The van der Waals surface area contributed by atoms with Crippen LogP contribution in [0, 0.1) is 6.92 Å². The molecule has 1 N–H and O–H groups in total. The Kier molecular flexibility index (Phi) is 5.86. The lowest BCUT2D eigenvalue weighted by Gasteiger charge is -2.19. The van der Waals surface area contributed by atoms with Gasteiger partial charge in [-0.3, -0.25) is 9.59 Å². The molecule has 0 bridgehead atoms. The third-order valence-corrected chi connectivity index (χ3v) is 6.05. The lowest BCUT2D eigenvalue weighted by atomic mass is 10.2. The molecule has 2 aromatic rings. The molecular formula is C18H26N4O2S. The maximum atomic E-state index is 12.5. The third-order valence-electron chi connectivity index (χ3n) is 4.85. The first-order chi connectivity index (χ1) is 12.1. The van der Waals surface area contributed by atoms with E-state index in [9.17, 15) is 9.59 Å². The van der Waals surface area contributed by atoms with Crippen molar-refractivity contribution < 1.29 is 4.79 Å². The summed E-state index contributed by atoms with van der Waals surface area (Å²) in [6.07, 6.45) is 7.71. The molecule has 0 atom stereocenters. The second kappa shape index (κ2) is 8.10. The molecule has 1 aliphatic heterocycles. The van der Waals surface area contributed by atoms with E-state index in [1.807, 2.05) is 6.92 Å². The molecule has 0 aliphatic carbocycles. The summed E-state index contributed by atoms with van der Waals surface area (Å²) in [5, 5.41) is 3.56. The van der Waals surface area contributed by atoms with E-state index < -0.39 is 0 Å². The maximum Gasteiger partial charge on any atom is 0.262 e. The van der Waals surface area contributed by atoms with E-state index in [-0.39, 0.29) is 11.5 Å². The first-order valence-electron chi connectivity index (χ1n) is 9.03. The summed E-state index contributed by atoms with van der Waals surface area (Å²) in [7, 11) is 1.68. The first kappa shape index (κ1) is 18.1. The molecule has 3 rings (SSSR count). The van der Waals surface area contributed by atoms with Gasteiger partial charge in [0, 0.05) is 13.6 Å². The molecule has 0 radical (unpaired) electrons. The van der Waals surface area contributed by atoms with E-state index in [4.69, 9.17) is 0 Å². The van der Waals surface area contributed by atoms with Gasteiger partial charge in [0.2, 0.25) is 0 Å². The number of amides is 1. The maximum absolute atomic E-state index is 12.5. The van der Waals surface area contributed by atoms with E-state index in [1.54, 1.807) is 7.05 Å². The summed E-state index contributed by atoms with van der Waals surface area (Å²) in [4.78, 5) is 32.7. The lowest BCUT2D eigenvalue weighted by molar-refractivity contribution is 0.0955. The summed E-state index contributed by atoms with van der Waals surface area (Å²) in [6, 6.07) is 0. The summed E-state index contributed by atoms with van der Waals surface area (Å²) >= 11 is 1.30. The number of fused-ring (bicyclic) bond motifs is 1. The van der Waals surface area contributed by atoms with Gasteiger partial charge in [-0.05, 0) is 51.4 Å². The molecule has 136 valence electrons.